The smallest absolute Gasteiger partial charge is 0.193 e. The molecule has 1 heterocycles. The summed E-state index contributed by atoms with van der Waals surface area (Å²) in [6.45, 7) is 0.293. The van der Waals surface area contributed by atoms with E-state index < -0.39 is 6.10 Å². The molecule has 2 atom stereocenters. The highest BCUT2D eigenvalue weighted by atomic mass is 35.5. The van der Waals surface area contributed by atoms with E-state index in [4.69, 9.17) is 33.4 Å². The number of hydrogen-bond donors (Lipinski definition) is 2. The Kier molecular flexibility index (Phi) is 4.30. The molecule has 5 heteroatoms. The van der Waals surface area contributed by atoms with Crippen LogP contribution in [0.3, 0.4) is 0 Å². The van der Waals surface area contributed by atoms with Crippen molar-refractivity contribution in [2.75, 3.05) is 6.54 Å². The van der Waals surface area contributed by atoms with Crippen molar-refractivity contribution in [3.8, 4) is 0 Å². The van der Waals surface area contributed by atoms with Gasteiger partial charge < -0.3 is 15.3 Å². The molecule has 0 saturated heterocycles. The highest BCUT2D eigenvalue weighted by Crippen LogP contribution is 2.32. The zero-order valence-electron chi connectivity index (χ0n) is 9.51. The van der Waals surface area contributed by atoms with Gasteiger partial charge in [-0.3, -0.25) is 0 Å². The van der Waals surface area contributed by atoms with Crippen molar-refractivity contribution in [1.29, 1.82) is 0 Å². The fraction of sp³-hybridized carbons (Fsp3) is 0.231. The molecule has 0 fully saturated rings. The van der Waals surface area contributed by atoms with Crippen LogP contribution in [-0.2, 0) is 0 Å². The number of aliphatic hydroxyl groups is 1. The molecule has 0 aliphatic rings. The van der Waals surface area contributed by atoms with E-state index in [9.17, 15) is 5.11 Å². The van der Waals surface area contributed by atoms with E-state index in [0.717, 1.165) is 5.56 Å². The molecule has 2 rings (SSSR count). The second-order valence-electron chi connectivity index (χ2n) is 3.98. The van der Waals surface area contributed by atoms with Crippen molar-refractivity contribution in [3.63, 3.8) is 0 Å². The van der Waals surface area contributed by atoms with Gasteiger partial charge in [-0.05, 0) is 41.4 Å². The van der Waals surface area contributed by atoms with Crippen molar-refractivity contribution < 1.29 is 9.52 Å². The second-order valence-corrected chi connectivity index (χ2v) is 4.79. The van der Waals surface area contributed by atoms with E-state index in [1.54, 1.807) is 24.3 Å². The van der Waals surface area contributed by atoms with Gasteiger partial charge in [0.05, 0.1) is 0 Å². The first-order valence-corrected chi connectivity index (χ1v) is 6.26. The Morgan fingerprint density at radius 2 is 1.78 bits per heavy atom. The van der Waals surface area contributed by atoms with Crippen LogP contribution in [0.1, 0.15) is 23.3 Å². The van der Waals surface area contributed by atoms with E-state index >= 15 is 0 Å². The van der Waals surface area contributed by atoms with Crippen LogP contribution in [0.5, 0.6) is 0 Å². The summed E-state index contributed by atoms with van der Waals surface area (Å²) < 4.78 is 5.21. The number of nitrogens with two attached hydrogens (primary N) is 1. The highest BCUT2D eigenvalue weighted by molar-refractivity contribution is 6.30. The summed E-state index contributed by atoms with van der Waals surface area (Å²) in [5, 5.41) is 11.1. The summed E-state index contributed by atoms with van der Waals surface area (Å²) in [6.07, 6.45) is -0.830. The first-order chi connectivity index (χ1) is 8.61. The Morgan fingerprint density at radius 3 is 2.28 bits per heavy atom. The molecule has 1 aromatic carbocycles. The molecule has 2 aromatic rings. The summed E-state index contributed by atoms with van der Waals surface area (Å²) in [5.41, 5.74) is 6.62. The number of hydrogen-bond acceptors (Lipinski definition) is 3. The average Bonchev–Trinajstić information content (AvgIpc) is 2.79. The van der Waals surface area contributed by atoms with E-state index in [2.05, 4.69) is 0 Å². The van der Waals surface area contributed by atoms with Crippen LogP contribution in [0.25, 0.3) is 0 Å². The number of benzene rings is 1. The molecule has 3 N–H and O–H groups in total. The van der Waals surface area contributed by atoms with E-state index in [0.29, 0.717) is 17.3 Å². The third-order valence-corrected chi connectivity index (χ3v) is 3.27. The first kappa shape index (κ1) is 13.4. The summed E-state index contributed by atoms with van der Waals surface area (Å²) in [7, 11) is 0. The minimum atomic E-state index is -0.830. The highest BCUT2D eigenvalue weighted by Gasteiger charge is 2.24. The maximum atomic E-state index is 10.3. The van der Waals surface area contributed by atoms with Gasteiger partial charge in [-0.15, -0.1) is 0 Å². The Bertz CT molecular complexity index is 510. The second kappa shape index (κ2) is 5.76. The molecule has 0 radical (unpaired) electrons. The molecule has 3 nitrogen and oxygen atoms in total. The molecule has 0 spiro atoms. The van der Waals surface area contributed by atoms with Gasteiger partial charge in [0.25, 0.3) is 0 Å². The molecule has 18 heavy (non-hydrogen) atoms. The Labute approximate surface area is 115 Å². The van der Waals surface area contributed by atoms with Crippen molar-refractivity contribution in [3.05, 3.63) is 58.0 Å². The van der Waals surface area contributed by atoms with Crippen molar-refractivity contribution >= 4 is 23.2 Å². The normalized spacial score (nSPS) is 14.4. The lowest BCUT2D eigenvalue weighted by molar-refractivity contribution is 0.122. The van der Waals surface area contributed by atoms with Gasteiger partial charge in [0.2, 0.25) is 0 Å². The minimum Gasteiger partial charge on any atom is -0.447 e. The predicted molar refractivity (Wildman–Crippen MR) is 71.9 cm³/mol. The molecule has 2 unspecified atom stereocenters. The van der Waals surface area contributed by atoms with Crippen LogP contribution in [0, 0.1) is 0 Å². The minimum absolute atomic E-state index is 0.246. The number of halogens is 2. The zero-order chi connectivity index (χ0) is 13.1. The van der Waals surface area contributed by atoms with Crippen LogP contribution in [-0.4, -0.2) is 11.7 Å². The topological polar surface area (TPSA) is 59.4 Å². The van der Waals surface area contributed by atoms with Gasteiger partial charge >= 0.3 is 0 Å². The third-order valence-electron chi connectivity index (χ3n) is 2.82. The lowest BCUT2D eigenvalue weighted by Crippen LogP contribution is -2.19. The average molecular weight is 286 g/mol. The number of rotatable bonds is 4. The maximum Gasteiger partial charge on any atom is 0.193 e. The molecule has 0 bridgehead atoms. The molecule has 1 aromatic heterocycles. The summed E-state index contributed by atoms with van der Waals surface area (Å²) in [4.78, 5) is 0. The number of aliphatic hydroxyl groups excluding tert-OH is 1. The Morgan fingerprint density at radius 1 is 1.11 bits per heavy atom. The van der Waals surface area contributed by atoms with E-state index in [-0.39, 0.29) is 11.1 Å². The Balaban J connectivity index is 2.25. The standard InChI is InChI=1S/C13H13Cl2NO2/c14-9-3-1-8(2-4-9)10(7-16)13(17)11-5-6-12(15)18-11/h1-6,10,13,17H,7,16H2. The fourth-order valence-electron chi connectivity index (χ4n) is 1.84. The van der Waals surface area contributed by atoms with E-state index in [1.807, 2.05) is 12.1 Å². The largest absolute Gasteiger partial charge is 0.447 e. The van der Waals surface area contributed by atoms with Gasteiger partial charge in [0.1, 0.15) is 11.9 Å². The molecular weight excluding hydrogens is 273 g/mol. The summed E-state index contributed by atoms with van der Waals surface area (Å²) >= 11 is 11.5. The van der Waals surface area contributed by atoms with Gasteiger partial charge in [-0.2, -0.15) is 0 Å². The summed E-state index contributed by atoms with van der Waals surface area (Å²) in [5.74, 6) is 0.148. The molecule has 0 amide bonds. The molecule has 96 valence electrons. The lowest BCUT2D eigenvalue weighted by Gasteiger charge is -2.20. The lowest BCUT2D eigenvalue weighted by atomic mass is 9.92. The Hall–Kier alpha value is -1.00. The molecular formula is C13H13Cl2NO2. The van der Waals surface area contributed by atoms with Crippen molar-refractivity contribution in [1.82, 2.24) is 0 Å². The van der Waals surface area contributed by atoms with Crippen LogP contribution in [0.4, 0.5) is 0 Å². The van der Waals surface area contributed by atoms with Crippen LogP contribution in [0.15, 0.2) is 40.8 Å². The SMILES string of the molecule is NCC(c1ccc(Cl)cc1)C(O)c1ccc(Cl)o1. The van der Waals surface area contributed by atoms with Crippen LogP contribution >= 0.6 is 23.2 Å². The summed E-state index contributed by atoms with van der Waals surface area (Å²) in [6, 6.07) is 10.4. The third kappa shape index (κ3) is 2.87. The van der Waals surface area contributed by atoms with Gasteiger partial charge in [-0.25, -0.2) is 0 Å². The zero-order valence-corrected chi connectivity index (χ0v) is 11.0. The predicted octanol–water partition coefficient (Wildman–Crippen LogP) is 3.36. The monoisotopic (exact) mass is 285 g/mol. The van der Waals surface area contributed by atoms with Gasteiger partial charge in [-0.1, -0.05) is 23.7 Å². The number of furan rings is 1. The first-order valence-electron chi connectivity index (χ1n) is 5.50. The van der Waals surface area contributed by atoms with Gasteiger partial charge in [0, 0.05) is 17.5 Å². The molecule has 0 aliphatic heterocycles. The quantitative estimate of drug-likeness (QED) is 0.906. The van der Waals surface area contributed by atoms with Crippen molar-refractivity contribution in [2.45, 2.75) is 12.0 Å². The van der Waals surface area contributed by atoms with Crippen LogP contribution in [0.2, 0.25) is 10.2 Å². The maximum absolute atomic E-state index is 10.3. The van der Waals surface area contributed by atoms with Gasteiger partial charge in [0.15, 0.2) is 5.22 Å². The van der Waals surface area contributed by atoms with Crippen LogP contribution < -0.4 is 5.73 Å². The van der Waals surface area contributed by atoms with E-state index in [1.165, 1.54) is 0 Å². The molecule has 0 aliphatic carbocycles. The molecule has 0 saturated carbocycles. The fourth-order valence-corrected chi connectivity index (χ4v) is 2.12. The van der Waals surface area contributed by atoms with Crippen molar-refractivity contribution in [2.24, 2.45) is 5.73 Å².